The van der Waals surface area contributed by atoms with Crippen LogP contribution in [0, 0.1) is 5.92 Å². The summed E-state index contributed by atoms with van der Waals surface area (Å²) in [5, 5.41) is 3.06. The number of nitrogens with one attached hydrogen (secondary N) is 1. The molecule has 22 heavy (non-hydrogen) atoms. The summed E-state index contributed by atoms with van der Waals surface area (Å²) in [6.07, 6.45) is 5.65. The first-order valence-electron chi connectivity index (χ1n) is 7.85. The normalized spacial score (nSPS) is 20.3. The van der Waals surface area contributed by atoms with Crippen LogP contribution in [0.3, 0.4) is 0 Å². The van der Waals surface area contributed by atoms with Crippen LogP contribution in [-0.2, 0) is 14.3 Å². The van der Waals surface area contributed by atoms with Crippen LogP contribution < -0.4 is 5.32 Å². The Morgan fingerprint density at radius 2 is 1.91 bits per heavy atom. The highest BCUT2D eigenvalue weighted by molar-refractivity contribution is 5.76. The highest BCUT2D eigenvalue weighted by Crippen LogP contribution is 2.25. The lowest BCUT2D eigenvalue weighted by Gasteiger charge is -2.33. The summed E-state index contributed by atoms with van der Waals surface area (Å²) in [5.41, 5.74) is 0. The second kappa shape index (κ2) is 7.51. The van der Waals surface area contributed by atoms with Gasteiger partial charge in [-0.25, -0.2) is 9.97 Å². The lowest BCUT2D eigenvalue weighted by molar-refractivity contribution is -0.136. The molecule has 1 amide bonds. The van der Waals surface area contributed by atoms with Gasteiger partial charge in [0.2, 0.25) is 11.9 Å². The number of ether oxygens (including phenoxy) is 2. The molecule has 120 valence electrons. The summed E-state index contributed by atoms with van der Waals surface area (Å²) >= 11 is 0. The van der Waals surface area contributed by atoms with Crippen molar-refractivity contribution in [3.05, 3.63) is 18.5 Å². The van der Waals surface area contributed by atoms with Crippen molar-refractivity contribution in [1.29, 1.82) is 0 Å². The molecule has 1 aromatic rings. The molecule has 7 heteroatoms. The van der Waals surface area contributed by atoms with Gasteiger partial charge >= 0.3 is 0 Å². The molecule has 2 aliphatic heterocycles. The average Bonchev–Trinajstić information content (AvgIpc) is 3.10. The third-order valence-electron chi connectivity index (χ3n) is 4.11. The molecule has 0 atom stereocenters. The molecule has 0 radical (unpaired) electrons. The molecule has 1 aromatic heterocycles. The highest BCUT2D eigenvalue weighted by Gasteiger charge is 2.31. The molecule has 0 saturated carbocycles. The van der Waals surface area contributed by atoms with Crippen LogP contribution >= 0.6 is 0 Å². The highest BCUT2D eigenvalue weighted by atomic mass is 16.7. The minimum Gasteiger partial charge on any atom is -0.354 e. The lowest BCUT2D eigenvalue weighted by Crippen LogP contribution is -2.42. The molecular weight excluding hydrogens is 284 g/mol. The van der Waals surface area contributed by atoms with E-state index in [4.69, 9.17) is 9.47 Å². The topological polar surface area (TPSA) is 76.6 Å². The number of carbonyl (C=O) groups excluding carboxylic acids is 1. The van der Waals surface area contributed by atoms with Gasteiger partial charge < -0.3 is 19.7 Å². The number of piperidine rings is 1. The van der Waals surface area contributed by atoms with Gasteiger partial charge in [-0.3, -0.25) is 4.79 Å². The standard InChI is InChI=1S/C15H22N4O3/c20-13(2-7-18-15-16-5-1-6-17-15)19-8-3-12(4-9-19)14-21-10-11-22-14/h1,5-6,12,14H,2-4,7-11H2,(H,16,17,18). The van der Waals surface area contributed by atoms with E-state index in [1.54, 1.807) is 18.5 Å². The van der Waals surface area contributed by atoms with E-state index in [9.17, 15) is 4.79 Å². The molecule has 0 aliphatic carbocycles. The van der Waals surface area contributed by atoms with E-state index in [0.717, 1.165) is 25.9 Å². The van der Waals surface area contributed by atoms with Gasteiger partial charge in [0.25, 0.3) is 0 Å². The van der Waals surface area contributed by atoms with Crippen molar-refractivity contribution in [2.75, 3.05) is 38.2 Å². The number of anilines is 1. The SMILES string of the molecule is O=C(CCNc1ncccn1)N1CCC(C2OCCO2)CC1. The first kappa shape index (κ1) is 15.2. The van der Waals surface area contributed by atoms with E-state index in [0.29, 0.717) is 38.0 Å². The molecule has 2 aliphatic rings. The molecule has 7 nitrogen and oxygen atoms in total. The Labute approximate surface area is 130 Å². The molecule has 3 heterocycles. The van der Waals surface area contributed by atoms with Crippen LogP contribution in [0.25, 0.3) is 0 Å². The monoisotopic (exact) mass is 306 g/mol. The molecule has 3 rings (SSSR count). The van der Waals surface area contributed by atoms with E-state index in [-0.39, 0.29) is 12.2 Å². The smallest absolute Gasteiger partial charge is 0.224 e. The van der Waals surface area contributed by atoms with Crippen LogP contribution in [0.15, 0.2) is 18.5 Å². The van der Waals surface area contributed by atoms with Crippen LogP contribution in [-0.4, -0.2) is 59.9 Å². The zero-order chi connectivity index (χ0) is 15.2. The van der Waals surface area contributed by atoms with Gasteiger partial charge in [0.15, 0.2) is 6.29 Å². The number of hydrogen-bond donors (Lipinski definition) is 1. The molecule has 0 unspecified atom stereocenters. The summed E-state index contributed by atoms with van der Waals surface area (Å²) < 4.78 is 11.1. The number of likely N-dealkylation sites (tertiary alicyclic amines) is 1. The zero-order valence-electron chi connectivity index (χ0n) is 12.6. The van der Waals surface area contributed by atoms with Gasteiger partial charge in [-0.15, -0.1) is 0 Å². The van der Waals surface area contributed by atoms with Crippen molar-refractivity contribution in [2.45, 2.75) is 25.6 Å². The molecular formula is C15H22N4O3. The van der Waals surface area contributed by atoms with Crippen LogP contribution in [0.1, 0.15) is 19.3 Å². The van der Waals surface area contributed by atoms with Crippen molar-refractivity contribution in [3.8, 4) is 0 Å². The Bertz CT molecular complexity index is 471. The summed E-state index contributed by atoms with van der Waals surface area (Å²) in [6, 6.07) is 1.76. The van der Waals surface area contributed by atoms with Gasteiger partial charge in [0.1, 0.15) is 0 Å². The van der Waals surface area contributed by atoms with E-state index >= 15 is 0 Å². The predicted molar refractivity (Wildman–Crippen MR) is 80.1 cm³/mol. The van der Waals surface area contributed by atoms with Crippen LogP contribution in [0.2, 0.25) is 0 Å². The third kappa shape index (κ3) is 3.92. The van der Waals surface area contributed by atoms with Crippen LogP contribution in [0.4, 0.5) is 5.95 Å². The quantitative estimate of drug-likeness (QED) is 0.870. The lowest BCUT2D eigenvalue weighted by atomic mass is 9.96. The number of nitrogens with zero attached hydrogens (tertiary/aromatic N) is 3. The summed E-state index contributed by atoms with van der Waals surface area (Å²) in [6.45, 7) is 3.51. The maximum absolute atomic E-state index is 12.2. The molecule has 0 spiro atoms. The Morgan fingerprint density at radius 3 is 2.59 bits per heavy atom. The van der Waals surface area contributed by atoms with Crippen molar-refractivity contribution in [1.82, 2.24) is 14.9 Å². The van der Waals surface area contributed by atoms with E-state index < -0.39 is 0 Å². The Hall–Kier alpha value is -1.73. The minimum absolute atomic E-state index is 0.0610. The van der Waals surface area contributed by atoms with Gasteiger partial charge in [0, 0.05) is 44.4 Å². The van der Waals surface area contributed by atoms with Gasteiger partial charge in [-0.2, -0.15) is 0 Å². The Morgan fingerprint density at radius 1 is 1.23 bits per heavy atom. The fourth-order valence-corrected chi connectivity index (χ4v) is 2.90. The van der Waals surface area contributed by atoms with E-state index in [1.807, 2.05) is 4.90 Å². The van der Waals surface area contributed by atoms with E-state index in [1.165, 1.54) is 0 Å². The van der Waals surface area contributed by atoms with Gasteiger partial charge in [0.05, 0.1) is 13.2 Å². The molecule has 2 fully saturated rings. The minimum atomic E-state index is -0.0610. The fourth-order valence-electron chi connectivity index (χ4n) is 2.90. The average molecular weight is 306 g/mol. The van der Waals surface area contributed by atoms with Gasteiger partial charge in [-0.05, 0) is 18.9 Å². The number of aromatic nitrogens is 2. The van der Waals surface area contributed by atoms with Crippen molar-refractivity contribution in [2.24, 2.45) is 5.92 Å². The van der Waals surface area contributed by atoms with Crippen molar-refractivity contribution >= 4 is 11.9 Å². The number of hydrogen-bond acceptors (Lipinski definition) is 6. The largest absolute Gasteiger partial charge is 0.354 e. The number of carbonyl (C=O) groups is 1. The second-order valence-corrected chi connectivity index (χ2v) is 5.58. The fraction of sp³-hybridized carbons (Fsp3) is 0.667. The van der Waals surface area contributed by atoms with Crippen molar-refractivity contribution < 1.29 is 14.3 Å². The zero-order valence-corrected chi connectivity index (χ0v) is 12.6. The van der Waals surface area contributed by atoms with E-state index in [2.05, 4.69) is 15.3 Å². The first-order valence-corrected chi connectivity index (χ1v) is 7.85. The van der Waals surface area contributed by atoms with Crippen LogP contribution in [0.5, 0.6) is 0 Å². The molecule has 2 saturated heterocycles. The number of rotatable bonds is 5. The Kier molecular flexibility index (Phi) is 5.18. The number of amides is 1. The molecule has 1 N–H and O–H groups in total. The maximum Gasteiger partial charge on any atom is 0.224 e. The predicted octanol–water partition coefficient (Wildman–Crippen LogP) is 0.890. The molecule has 0 bridgehead atoms. The van der Waals surface area contributed by atoms with Gasteiger partial charge in [-0.1, -0.05) is 0 Å². The summed E-state index contributed by atoms with van der Waals surface area (Å²) in [4.78, 5) is 22.3. The molecule has 0 aromatic carbocycles. The maximum atomic E-state index is 12.2. The van der Waals surface area contributed by atoms with Crippen molar-refractivity contribution in [3.63, 3.8) is 0 Å². The third-order valence-corrected chi connectivity index (χ3v) is 4.11. The first-order chi connectivity index (χ1) is 10.8. The Balaban J connectivity index is 1.36. The summed E-state index contributed by atoms with van der Waals surface area (Å²) in [7, 11) is 0. The second-order valence-electron chi connectivity index (χ2n) is 5.58. The summed E-state index contributed by atoms with van der Waals surface area (Å²) in [5.74, 6) is 1.15.